The summed E-state index contributed by atoms with van der Waals surface area (Å²) in [5, 5.41) is 46.3. The fraction of sp³-hybridized carbons (Fsp3) is 0.333. The monoisotopic (exact) mass is 745 g/mol. The van der Waals surface area contributed by atoms with E-state index in [2.05, 4.69) is 19.6 Å². The van der Waals surface area contributed by atoms with Crippen LogP contribution in [-0.2, 0) is 37.1 Å². The second-order valence-electron chi connectivity index (χ2n) is 6.39. The number of nitrogens with zero attached hydrogens (tertiary/aromatic N) is 4. The largest absolute Gasteiger partial charge is 0.744 e. The Labute approximate surface area is 273 Å². The first-order valence-electron chi connectivity index (χ1n) is 10.5. The normalized spacial score (nSPS) is 10.5. The molecular weight excluding hydrogens is 707 g/mol. The van der Waals surface area contributed by atoms with Crippen LogP contribution in [0.3, 0.4) is 0 Å². The van der Waals surface area contributed by atoms with Gasteiger partial charge in [0, 0.05) is 27.9 Å². The summed E-state index contributed by atoms with van der Waals surface area (Å²) in [6, 6.07) is 9.86. The summed E-state index contributed by atoms with van der Waals surface area (Å²) in [6.07, 6.45) is 0. The van der Waals surface area contributed by atoms with Crippen molar-refractivity contribution in [2.75, 3.05) is 0 Å². The van der Waals surface area contributed by atoms with E-state index in [-0.39, 0.29) is 38.1 Å². The van der Waals surface area contributed by atoms with Crippen molar-refractivity contribution in [3.05, 3.63) is 55.9 Å². The molecule has 0 bridgehead atoms. The molecule has 0 radical (unpaired) electrons. The van der Waals surface area contributed by atoms with Crippen LogP contribution >= 0.6 is 43.8 Å². The first-order valence-corrected chi connectivity index (χ1v) is 14.2. The number of thiazole rings is 2. The number of benzene rings is 2. The second kappa shape index (κ2) is 28.9. The van der Waals surface area contributed by atoms with Gasteiger partial charge in [-0.3, -0.25) is 30.6 Å². The van der Waals surface area contributed by atoms with Gasteiger partial charge in [-0.05, 0) is 50.2 Å². The van der Waals surface area contributed by atoms with Gasteiger partial charge in [0.15, 0.2) is 0 Å². The van der Waals surface area contributed by atoms with Crippen LogP contribution in [0.25, 0.3) is 20.4 Å². The summed E-state index contributed by atoms with van der Waals surface area (Å²) in [5.74, 6) is 0. The van der Waals surface area contributed by atoms with Crippen LogP contribution in [-0.4, -0.2) is 55.4 Å². The van der Waals surface area contributed by atoms with Crippen LogP contribution in [0.5, 0.6) is 0 Å². The molecule has 24 heteroatoms. The molecule has 8 N–H and O–H groups in total. The molecule has 0 fully saturated rings. The van der Waals surface area contributed by atoms with Crippen LogP contribution in [0, 0.1) is 9.93 Å². The lowest BCUT2D eigenvalue weighted by Gasteiger charge is -2.06. The van der Waals surface area contributed by atoms with E-state index in [0.717, 1.165) is 27.8 Å². The fourth-order valence-electron chi connectivity index (χ4n) is 3.22. The highest BCUT2D eigenvalue weighted by molar-refractivity contribution is 7.94. The number of aromatic nitrogens is 2. The summed E-state index contributed by atoms with van der Waals surface area (Å²) in [7, 11) is -5.12. The zero-order valence-electron chi connectivity index (χ0n) is 22.2. The minimum atomic E-state index is -4.54. The summed E-state index contributed by atoms with van der Waals surface area (Å²) in [5.41, 5.74) is 1.74. The van der Waals surface area contributed by atoms with Gasteiger partial charge in [0.25, 0.3) is 0 Å². The Morgan fingerprint density at radius 3 is 1.69 bits per heavy atom. The summed E-state index contributed by atoms with van der Waals surface area (Å²) < 4.78 is 58.1. The Kier molecular flexibility index (Phi) is 33.3. The predicted octanol–water partition coefficient (Wildman–Crippen LogP) is 3.15. The van der Waals surface area contributed by atoms with Crippen molar-refractivity contribution in [1.29, 1.82) is 1.28 Å². The highest BCUT2D eigenvalue weighted by Gasteiger charge is 2.10. The van der Waals surface area contributed by atoms with E-state index >= 15 is 0 Å². The predicted molar refractivity (Wildman–Crippen MR) is 172 cm³/mol. The van der Waals surface area contributed by atoms with Gasteiger partial charge in [0.1, 0.15) is 20.5 Å². The van der Waals surface area contributed by atoms with Crippen LogP contribution < -0.4 is 14.9 Å². The first-order chi connectivity index (χ1) is 19.8. The van der Waals surface area contributed by atoms with Crippen molar-refractivity contribution in [3.63, 3.8) is 0 Å². The third-order valence-electron chi connectivity index (χ3n) is 4.61. The van der Waals surface area contributed by atoms with E-state index in [1.807, 2.05) is 41.2 Å². The van der Waals surface area contributed by atoms with E-state index in [1.54, 1.807) is 6.07 Å². The van der Waals surface area contributed by atoms with Crippen molar-refractivity contribution in [3.8, 4) is 0 Å². The molecule has 0 saturated carbocycles. The molecule has 0 saturated heterocycles. The van der Waals surface area contributed by atoms with Gasteiger partial charge >= 0.3 is 0 Å². The average molecular weight is 746 g/mol. The SMILES string of the molecule is C.C.C.CCn1c(=NN=c2sc3cc(S(=O)(=O)[O-])ccc3n2CC)sc2cc(SOO[O-])ccc21.O.O.O=O.OO.OO.[2H]P=O. The molecule has 4 rings (SSSR count). The Balaban J connectivity index is -0.000000261. The molecule has 0 unspecified atom stereocenters. The van der Waals surface area contributed by atoms with Crippen LogP contribution in [0.4, 0.5) is 0 Å². The van der Waals surface area contributed by atoms with E-state index in [1.165, 1.54) is 34.8 Å². The zero-order chi connectivity index (χ0) is 31.6. The summed E-state index contributed by atoms with van der Waals surface area (Å²) in [4.78, 5) is 15.7. The summed E-state index contributed by atoms with van der Waals surface area (Å²) in [6.45, 7) is 5.22. The van der Waals surface area contributed by atoms with Crippen molar-refractivity contribution in [2.45, 2.75) is 59.0 Å². The van der Waals surface area contributed by atoms with Gasteiger partial charge in [0.2, 0.25) is 9.60 Å². The van der Waals surface area contributed by atoms with Gasteiger partial charge in [-0.25, -0.2) is 8.42 Å². The minimum Gasteiger partial charge on any atom is -0.744 e. The number of aryl methyl sites for hydroxylation is 2. The van der Waals surface area contributed by atoms with Crippen LogP contribution in [0.15, 0.2) is 56.4 Å². The smallest absolute Gasteiger partial charge is 0.211 e. The van der Waals surface area contributed by atoms with Gasteiger partial charge < -0.3 is 29.9 Å². The average Bonchev–Trinajstić information content (AvgIpc) is 3.54. The van der Waals surface area contributed by atoms with Gasteiger partial charge in [-0.15, -0.1) is 10.2 Å². The van der Waals surface area contributed by atoms with Gasteiger partial charge in [0.05, 0.1) is 37.4 Å². The Hall–Kier alpha value is -2.58. The quantitative estimate of drug-likeness (QED) is 0.0694. The molecule has 0 spiro atoms. The maximum atomic E-state index is 11.4. The molecule has 262 valence electrons. The lowest BCUT2D eigenvalue weighted by molar-refractivity contribution is -0.777. The maximum absolute atomic E-state index is 11.4. The molecule has 0 aliphatic carbocycles. The lowest BCUT2D eigenvalue weighted by atomic mass is 10.3. The Morgan fingerprint density at radius 2 is 1.31 bits per heavy atom. The summed E-state index contributed by atoms with van der Waals surface area (Å²) >= 11 is 3.51. The standard InChI is InChI=1S/C18H18N4O6S4.3CH4.2H2O2.O2.HOP.2H2O/c1-3-21-13-7-5-11(31-28-27-23)9-15(13)29-17(21)19-20-18-22(4-2)14-8-6-12(32(24,25)26)10-16(14)30-18;;;;4*1-2;;/h5-10,23H,3-4H2,1-2H3,(H,24,25,26);3*1H4;2*1-2H;;2H;2*1H2/p-2/i;;;;;;;2D;;. The molecule has 0 amide bonds. The van der Waals surface area contributed by atoms with E-state index in [9.17, 15) is 18.2 Å². The number of hydrogen-bond acceptors (Lipinski definition) is 18. The minimum absolute atomic E-state index is 0. The number of hydrogen-bond donors (Lipinski definition) is 4. The Morgan fingerprint density at radius 1 is 0.911 bits per heavy atom. The van der Waals surface area contributed by atoms with Crippen molar-refractivity contribution in [1.82, 2.24) is 9.13 Å². The van der Waals surface area contributed by atoms with Crippen LogP contribution in [0.1, 0.15) is 36.1 Å². The topological polar surface area (TPSA) is 328 Å². The Bertz CT molecular complexity index is 1630. The molecule has 2 aromatic heterocycles. The van der Waals surface area contributed by atoms with E-state index < -0.39 is 19.2 Å². The number of fused-ring (bicyclic) bond motifs is 2. The van der Waals surface area contributed by atoms with Crippen LogP contribution in [0.2, 0.25) is 0 Å². The van der Waals surface area contributed by atoms with Gasteiger partial charge in [-0.1, -0.05) is 45.0 Å². The molecule has 0 aliphatic rings. The molecule has 4 aromatic rings. The van der Waals surface area contributed by atoms with E-state index in [4.69, 9.17) is 36.8 Å². The molecule has 2 aromatic carbocycles. The van der Waals surface area contributed by atoms with Crippen molar-refractivity contribution < 1.29 is 64.1 Å². The molecule has 19 nitrogen and oxygen atoms in total. The first kappa shape index (κ1) is 52.0. The molecule has 0 atom stereocenters. The number of rotatable bonds is 7. The third-order valence-corrected chi connectivity index (χ3v) is 8.07. The van der Waals surface area contributed by atoms with Crippen molar-refractivity contribution >= 4 is 74.3 Å². The molecule has 45 heavy (non-hydrogen) atoms. The fourth-order valence-corrected chi connectivity index (χ4v) is 6.43. The lowest BCUT2D eigenvalue weighted by Crippen LogP contribution is -2.16. The second-order valence-corrected chi connectivity index (χ2v) is 10.6. The highest BCUT2D eigenvalue weighted by atomic mass is 32.2. The molecule has 0 aliphatic heterocycles. The molecular formula is C21H37N4O15PS4-2. The molecule has 2 heterocycles. The zero-order valence-corrected chi connectivity index (χ0v) is 25.4. The van der Waals surface area contributed by atoms with E-state index in [0.29, 0.717) is 32.3 Å². The highest BCUT2D eigenvalue weighted by Crippen LogP contribution is 2.26. The third kappa shape index (κ3) is 14.6. The van der Waals surface area contributed by atoms with Crippen molar-refractivity contribution in [2.24, 2.45) is 10.2 Å². The van der Waals surface area contributed by atoms with Gasteiger partial charge in [-0.2, -0.15) is 4.33 Å². The maximum Gasteiger partial charge on any atom is 0.211 e.